The second-order valence-electron chi connectivity index (χ2n) is 2.91. The van der Waals surface area contributed by atoms with Crippen molar-refractivity contribution in [1.29, 1.82) is 0 Å². The molecule has 1 aromatic carbocycles. The second kappa shape index (κ2) is 5.57. The zero-order valence-electron chi connectivity index (χ0n) is 7.39. The monoisotopic (exact) mass is 273 g/mol. The molecule has 0 bridgehead atoms. The van der Waals surface area contributed by atoms with Gasteiger partial charge in [0.1, 0.15) is 0 Å². The topological polar surface area (TPSA) is 0 Å². The first-order chi connectivity index (χ1) is 5.83. The minimum absolute atomic E-state index is 1.12. The van der Waals surface area contributed by atoms with Crippen LogP contribution in [0.5, 0.6) is 0 Å². The highest BCUT2D eigenvalue weighted by atomic mass is 127. The summed E-state index contributed by atoms with van der Waals surface area (Å²) < 4.78 is 1.31. The SMILES string of the molecule is CCC[CH]Cc1ccc(I)cc1. The van der Waals surface area contributed by atoms with Crippen LogP contribution >= 0.6 is 22.6 Å². The maximum atomic E-state index is 2.35. The zero-order valence-corrected chi connectivity index (χ0v) is 9.54. The normalized spacial score (nSPS) is 10.2. The Morgan fingerprint density at radius 3 is 2.50 bits per heavy atom. The van der Waals surface area contributed by atoms with E-state index in [4.69, 9.17) is 0 Å². The first-order valence-electron chi connectivity index (χ1n) is 4.39. The van der Waals surface area contributed by atoms with E-state index in [0.29, 0.717) is 0 Å². The maximum Gasteiger partial charge on any atom is 0.0130 e. The number of benzene rings is 1. The molecular formula is C11H14I. The Kier molecular flexibility index (Phi) is 4.66. The summed E-state index contributed by atoms with van der Waals surface area (Å²) in [7, 11) is 0. The van der Waals surface area contributed by atoms with Crippen LogP contribution in [0.4, 0.5) is 0 Å². The van der Waals surface area contributed by atoms with Gasteiger partial charge in [0.05, 0.1) is 0 Å². The lowest BCUT2D eigenvalue weighted by molar-refractivity contribution is 0.864. The molecule has 1 aromatic rings. The molecule has 1 heteroatoms. The molecule has 12 heavy (non-hydrogen) atoms. The fourth-order valence-electron chi connectivity index (χ4n) is 1.09. The highest BCUT2D eigenvalue weighted by Crippen LogP contribution is 2.09. The largest absolute Gasteiger partial charge is 0.0654 e. The molecule has 0 saturated heterocycles. The zero-order chi connectivity index (χ0) is 8.81. The van der Waals surface area contributed by atoms with Gasteiger partial charge in [0.15, 0.2) is 0 Å². The van der Waals surface area contributed by atoms with E-state index in [-0.39, 0.29) is 0 Å². The van der Waals surface area contributed by atoms with E-state index >= 15 is 0 Å². The summed E-state index contributed by atoms with van der Waals surface area (Å²) in [6.07, 6.45) is 5.95. The number of hydrogen-bond donors (Lipinski definition) is 0. The fraction of sp³-hybridized carbons (Fsp3) is 0.364. The number of rotatable bonds is 4. The van der Waals surface area contributed by atoms with Gasteiger partial charge in [0.2, 0.25) is 0 Å². The van der Waals surface area contributed by atoms with Gasteiger partial charge in [-0.1, -0.05) is 31.9 Å². The molecule has 0 saturated carbocycles. The third-order valence-electron chi connectivity index (χ3n) is 1.79. The predicted molar refractivity (Wildman–Crippen MR) is 62.1 cm³/mol. The van der Waals surface area contributed by atoms with Crippen molar-refractivity contribution in [3.63, 3.8) is 0 Å². The van der Waals surface area contributed by atoms with Gasteiger partial charge in [-0.15, -0.1) is 0 Å². The smallest absolute Gasteiger partial charge is 0.0130 e. The van der Waals surface area contributed by atoms with E-state index in [1.165, 1.54) is 22.0 Å². The summed E-state index contributed by atoms with van der Waals surface area (Å²) >= 11 is 2.33. The molecular weight excluding hydrogens is 259 g/mol. The molecule has 0 atom stereocenters. The van der Waals surface area contributed by atoms with Gasteiger partial charge in [0, 0.05) is 3.57 Å². The van der Waals surface area contributed by atoms with Gasteiger partial charge < -0.3 is 0 Å². The van der Waals surface area contributed by atoms with Crippen molar-refractivity contribution in [2.75, 3.05) is 0 Å². The third kappa shape index (κ3) is 3.57. The van der Waals surface area contributed by atoms with Crippen molar-refractivity contribution in [2.45, 2.75) is 26.2 Å². The fourth-order valence-corrected chi connectivity index (χ4v) is 1.45. The molecule has 0 N–H and O–H groups in total. The Balaban J connectivity index is 2.37. The lowest BCUT2D eigenvalue weighted by Crippen LogP contribution is -1.85. The summed E-state index contributed by atoms with van der Waals surface area (Å²) in [5.41, 5.74) is 1.42. The first-order valence-corrected chi connectivity index (χ1v) is 5.47. The van der Waals surface area contributed by atoms with Gasteiger partial charge in [-0.25, -0.2) is 0 Å². The summed E-state index contributed by atoms with van der Waals surface area (Å²) in [5, 5.41) is 0. The average molecular weight is 273 g/mol. The second-order valence-corrected chi connectivity index (χ2v) is 4.15. The Bertz CT molecular complexity index is 213. The van der Waals surface area contributed by atoms with Gasteiger partial charge in [-0.05, 0) is 53.1 Å². The molecule has 0 aliphatic heterocycles. The predicted octanol–water partition coefficient (Wildman–Crippen LogP) is 3.84. The van der Waals surface area contributed by atoms with Crippen LogP contribution in [0.1, 0.15) is 25.3 Å². The van der Waals surface area contributed by atoms with Crippen molar-refractivity contribution in [3.8, 4) is 0 Å². The van der Waals surface area contributed by atoms with Crippen molar-refractivity contribution >= 4 is 22.6 Å². The first kappa shape index (κ1) is 10.0. The minimum atomic E-state index is 1.12. The third-order valence-corrected chi connectivity index (χ3v) is 2.51. The minimum Gasteiger partial charge on any atom is -0.0654 e. The number of hydrogen-bond acceptors (Lipinski definition) is 0. The molecule has 0 aliphatic rings. The van der Waals surface area contributed by atoms with E-state index in [2.05, 4.69) is 60.2 Å². The molecule has 65 valence electrons. The number of halogens is 1. The average Bonchev–Trinajstić information content (AvgIpc) is 2.09. The Labute approximate surface area is 88.5 Å². The van der Waals surface area contributed by atoms with Gasteiger partial charge in [-0.2, -0.15) is 0 Å². The van der Waals surface area contributed by atoms with Crippen LogP contribution in [-0.4, -0.2) is 0 Å². The molecule has 0 unspecified atom stereocenters. The molecule has 0 fully saturated rings. The lowest BCUT2D eigenvalue weighted by Gasteiger charge is -1.99. The standard InChI is InChI=1S/C11H14I/c1-2-3-4-5-10-6-8-11(12)9-7-10/h4,6-9H,2-3,5H2,1H3. The van der Waals surface area contributed by atoms with Crippen LogP contribution in [0, 0.1) is 9.99 Å². The van der Waals surface area contributed by atoms with E-state index in [1.54, 1.807) is 0 Å². The Morgan fingerprint density at radius 2 is 1.92 bits per heavy atom. The van der Waals surface area contributed by atoms with Crippen LogP contribution in [-0.2, 0) is 6.42 Å². The van der Waals surface area contributed by atoms with Crippen LogP contribution in [0.15, 0.2) is 24.3 Å². The van der Waals surface area contributed by atoms with Crippen LogP contribution in [0.25, 0.3) is 0 Å². The molecule has 0 nitrogen and oxygen atoms in total. The summed E-state index contributed by atoms with van der Waals surface area (Å²) in [6, 6.07) is 8.73. The van der Waals surface area contributed by atoms with Crippen LogP contribution in [0.3, 0.4) is 0 Å². The van der Waals surface area contributed by atoms with Crippen molar-refractivity contribution in [2.24, 2.45) is 0 Å². The quantitative estimate of drug-likeness (QED) is 0.577. The highest BCUT2D eigenvalue weighted by molar-refractivity contribution is 14.1. The van der Waals surface area contributed by atoms with Gasteiger partial charge in [0.25, 0.3) is 0 Å². The van der Waals surface area contributed by atoms with Gasteiger partial charge >= 0.3 is 0 Å². The van der Waals surface area contributed by atoms with Crippen molar-refractivity contribution < 1.29 is 0 Å². The van der Waals surface area contributed by atoms with Crippen molar-refractivity contribution in [3.05, 3.63) is 39.8 Å². The molecule has 0 aliphatic carbocycles. The maximum absolute atomic E-state index is 2.35. The highest BCUT2D eigenvalue weighted by Gasteiger charge is 1.92. The van der Waals surface area contributed by atoms with E-state index in [1.807, 2.05) is 0 Å². The van der Waals surface area contributed by atoms with E-state index in [0.717, 1.165) is 6.42 Å². The molecule has 1 rings (SSSR count). The Morgan fingerprint density at radius 1 is 1.25 bits per heavy atom. The molecule has 1 radical (unpaired) electrons. The van der Waals surface area contributed by atoms with Crippen LogP contribution < -0.4 is 0 Å². The Hall–Kier alpha value is -0.0500. The van der Waals surface area contributed by atoms with Gasteiger partial charge in [-0.3, -0.25) is 0 Å². The van der Waals surface area contributed by atoms with Crippen molar-refractivity contribution in [1.82, 2.24) is 0 Å². The van der Waals surface area contributed by atoms with Crippen LogP contribution in [0.2, 0.25) is 0 Å². The summed E-state index contributed by atoms with van der Waals surface area (Å²) in [5.74, 6) is 0. The van der Waals surface area contributed by atoms with E-state index in [9.17, 15) is 0 Å². The molecule has 0 amide bonds. The molecule has 0 heterocycles. The number of unbranched alkanes of at least 4 members (excludes halogenated alkanes) is 2. The summed E-state index contributed by atoms with van der Waals surface area (Å²) in [4.78, 5) is 0. The lowest BCUT2D eigenvalue weighted by atomic mass is 10.1. The molecule has 0 spiro atoms. The molecule has 0 aromatic heterocycles. The summed E-state index contributed by atoms with van der Waals surface area (Å²) in [6.45, 7) is 2.21. The van der Waals surface area contributed by atoms with E-state index < -0.39 is 0 Å².